The predicted octanol–water partition coefficient (Wildman–Crippen LogP) is 1.52. The van der Waals surface area contributed by atoms with Gasteiger partial charge in [0.05, 0.1) is 0 Å². The fraction of sp³-hybridized carbons (Fsp3) is 0.714. The fourth-order valence-corrected chi connectivity index (χ4v) is 12.3. The van der Waals surface area contributed by atoms with Gasteiger partial charge in [-0.2, -0.15) is 0 Å². The molecule has 0 aliphatic heterocycles. The minimum Gasteiger partial charge on any atom is -0.454 e. The summed E-state index contributed by atoms with van der Waals surface area (Å²) in [6, 6.07) is 0. The monoisotopic (exact) mass is 426 g/mol. The van der Waals surface area contributed by atoms with Crippen molar-refractivity contribution < 1.29 is 30.7 Å². The molecule has 0 amide bonds. The second-order valence-electron chi connectivity index (χ2n) is 5.63. The largest absolute Gasteiger partial charge is 0.528 e. The van der Waals surface area contributed by atoms with Gasteiger partial charge in [0, 0.05) is 42.7 Å². The molecule has 2 unspecified atom stereocenters. The van der Waals surface area contributed by atoms with E-state index in [4.69, 9.17) is 30.7 Å². The molecule has 25 heavy (non-hydrogen) atoms. The second-order valence-corrected chi connectivity index (χ2v) is 16.5. The molecule has 0 saturated carbocycles. The molecule has 0 spiro atoms. The average Bonchev–Trinajstić information content (AvgIpc) is 2.63. The van der Waals surface area contributed by atoms with E-state index in [0.717, 1.165) is 10.4 Å². The Morgan fingerprint density at radius 1 is 0.600 bits per heavy atom. The van der Waals surface area contributed by atoms with Gasteiger partial charge in [0.25, 0.3) is 0 Å². The number of hydrogen-bond acceptors (Lipinski definition) is 7. The highest BCUT2D eigenvalue weighted by Gasteiger charge is 2.37. The summed E-state index contributed by atoms with van der Waals surface area (Å²) in [5.74, 6) is 0. The van der Waals surface area contributed by atoms with Crippen LogP contribution < -0.4 is 0 Å². The van der Waals surface area contributed by atoms with E-state index in [1.54, 1.807) is 42.7 Å². The van der Waals surface area contributed by atoms with Crippen LogP contribution in [0.25, 0.3) is 0 Å². The number of rotatable bonds is 12. The predicted molar refractivity (Wildman–Crippen MR) is 108 cm³/mol. The number of allylic oxidation sites excluding steroid dienone is 2. The molecular weight excluding hydrogens is 392 g/mol. The van der Waals surface area contributed by atoms with Crippen LogP contribution >= 0.6 is 0 Å². The first-order valence-electron chi connectivity index (χ1n) is 8.03. The molecule has 11 heteroatoms. The Morgan fingerprint density at radius 3 is 1.04 bits per heavy atom. The first-order chi connectivity index (χ1) is 11.7. The van der Waals surface area contributed by atoms with Crippen molar-refractivity contribution in [3.8, 4) is 0 Å². The van der Waals surface area contributed by atoms with Crippen molar-refractivity contribution in [2.45, 2.75) is 26.9 Å². The summed E-state index contributed by atoms with van der Waals surface area (Å²) in [4.78, 5) is 0. The third-order valence-corrected chi connectivity index (χ3v) is 16.1. The van der Waals surface area contributed by atoms with Crippen LogP contribution in [0.3, 0.4) is 0 Å². The first-order valence-corrected chi connectivity index (χ1v) is 16.0. The molecule has 0 aliphatic rings. The van der Waals surface area contributed by atoms with Gasteiger partial charge in [-0.3, -0.25) is 0 Å². The lowest BCUT2D eigenvalue weighted by molar-refractivity contribution is 0.138. The van der Waals surface area contributed by atoms with Crippen LogP contribution in [0, 0.1) is 0 Å². The quantitative estimate of drug-likeness (QED) is 0.438. The smallest absolute Gasteiger partial charge is 0.454 e. The van der Waals surface area contributed by atoms with Crippen molar-refractivity contribution in [1.29, 1.82) is 0 Å². The highest BCUT2D eigenvalue weighted by molar-refractivity contribution is 6.76. The van der Waals surface area contributed by atoms with Crippen LogP contribution in [0.15, 0.2) is 21.8 Å². The average molecular weight is 427 g/mol. The molecule has 0 heterocycles. The summed E-state index contributed by atoms with van der Waals surface area (Å²) >= 11 is 0. The SMILES string of the molecule is CO[Si](/C=C(\C)[SiH](C)O[SiH](C)/C(C)=C/[Si](OC)(OC)OC)(OC)OC. The van der Waals surface area contributed by atoms with Gasteiger partial charge in [-0.25, -0.2) is 0 Å². The molecular formula is C14H34O7Si4. The molecule has 0 aromatic rings. The zero-order valence-electron chi connectivity index (χ0n) is 17.2. The number of hydrogen-bond donors (Lipinski definition) is 0. The van der Waals surface area contributed by atoms with Gasteiger partial charge in [0.15, 0.2) is 18.1 Å². The molecule has 0 radical (unpaired) electrons. The molecule has 0 saturated heterocycles. The van der Waals surface area contributed by atoms with Gasteiger partial charge < -0.3 is 30.7 Å². The molecule has 7 nitrogen and oxygen atoms in total. The minimum atomic E-state index is -2.74. The van der Waals surface area contributed by atoms with Crippen molar-refractivity contribution in [2.75, 3.05) is 42.7 Å². The molecule has 2 atom stereocenters. The van der Waals surface area contributed by atoms with Crippen molar-refractivity contribution in [2.24, 2.45) is 0 Å². The van der Waals surface area contributed by atoms with E-state index in [2.05, 4.69) is 13.1 Å². The zero-order chi connectivity index (χ0) is 19.7. The Morgan fingerprint density at radius 2 is 0.840 bits per heavy atom. The van der Waals surface area contributed by atoms with Gasteiger partial charge >= 0.3 is 17.6 Å². The normalized spacial score (nSPS) is 16.9. The summed E-state index contributed by atoms with van der Waals surface area (Å²) in [6.07, 6.45) is 0. The van der Waals surface area contributed by atoms with Crippen molar-refractivity contribution in [3.63, 3.8) is 0 Å². The lowest BCUT2D eigenvalue weighted by atomic mass is 10.7. The summed E-state index contributed by atoms with van der Waals surface area (Å²) in [7, 11) is 0.985. The van der Waals surface area contributed by atoms with E-state index in [9.17, 15) is 0 Å². The molecule has 0 rings (SSSR count). The molecule has 0 fully saturated rings. The minimum absolute atomic E-state index is 1.15. The van der Waals surface area contributed by atoms with E-state index in [1.165, 1.54) is 0 Å². The third-order valence-electron chi connectivity index (χ3n) is 4.21. The van der Waals surface area contributed by atoms with Crippen LogP contribution in [0.1, 0.15) is 13.8 Å². The van der Waals surface area contributed by atoms with Crippen LogP contribution in [-0.2, 0) is 30.7 Å². The van der Waals surface area contributed by atoms with E-state index in [0.29, 0.717) is 0 Å². The summed E-state index contributed by atoms with van der Waals surface area (Å²) in [5.41, 5.74) is 3.95. The Kier molecular flexibility index (Phi) is 11.7. The van der Waals surface area contributed by atoms with Crippen LogP contribution in [-0.4, -0.2) is 78.3 Å². The van der Waals surface area contributed by atoms with Crippen LogP contribution in [0.5, 0.6) is 0 Å². The highest BCUT2D eigenvalue weighted by atomic mass is 28.4. The van der Waals surface area contributed by atoms with Crippen LogP contribution in [0.2, 0.25) is 13.1 Å². The maximum atomic E-state index is 6.38. The van der Waals surface area contributed by atoms with E-state index < -0.39 is 35.7 Å². The lowest BCUT2D eigenvalue weighted by Gasteiger charge is -2.25. The molecule has 0 bridgehead atoms. The first kappa shape index (κ1) is 25.1. The Bertz CT molecular complexity index is 394. The fourth-order valence-electron chi connectivity index (χ4n) is 2.17. The molecule has 0 aromatic heterocycles. The summed E-state index contributed by atoms with van der Waals surface area (Å²) in [5, 5.41) is 2.30. The summed E-state index contributed by atoms with van der Waals surface area (Å²) < 4.78 is 39.1. The van der Waals surface area contributed by atoms with Gasteiger partial charge in [-0.15, -0.1) is 0 Å². The van der Waals surface area contributed by atoms with Crippen molar-refractivity contribution >= 4 is 35.7 Å². The van der Waals surface area contributed by atoms with Crippen molar-refractivity contribution in [1.82, 2.24) is 0 Å². The van der Waals surface area contributed by atoms with Gasteiger partial charge in [-0.1, -0.05) is 10.4 Å². The molecule has 0 N–H and O–H groups in total. The second kappa shape index (κ2) is 11.7. The van der Waals surface area contributed by atoms with Gasteiger partial charge in [-0.05, 0) is 38.3 Å². The summed E-state index contributed by atoms with van der Waals surface area (Å²) in [6.45, 7) is 8.40. The van der Waals surface area contributed by atoms with Gasteiger partial charge in [0.1, 0.15) is 0 Å². The van der Waals surface area contributed by atoms with E-state index in [-0.39, 0.29) is 0 Å². The topological polar surface area (TPSA) is 64.6 Å². The van der Waals surface area contributed by atoms with Crippen molar-refractivity contribution in [3.05, 3.63) is 21.8 Å². The standard InChI is InChI=1S/C14H34O7Si4/c1-13(11-24(15-3,16-4)17-5)22(9)21-23(10)14(2)12-25(18-6,19-7)20-8/h11-12,22-23H,1-10H3/b13-11+,14-12+. The Hall–Kier alpha value is 0.0675. The molecule has 0 aromatic carbocycles. The van der Waals surface area contributed by atoms with E-state index in [1.807, 2.05) is 25.2 Å². The lowest BCUT2D eigenvalue weighted by Crippen LogP contribution is -2.43. The third kappa shape index (κ3) is 7.30. The Balaban J connectivity index is 5.19. The molecule has 0 aliphatic carbocycles. The molecule has 148 valence electrons. The van der Waals surface area contributed by atoms with E-state index >= 15 is 0 Å². The zero-order valence-corrected chi connectivity index (χ0v) is 21.5. The Labute approximate surface area is 158 Å². The highest BCUT2D eigenvalue weighted by Crippen LogP contribution is 2.17. The van der Waals surface area contributed by atoms with Gasteiger partial charge in [0.2, 0.25) is 0 Å². The maximum absolute atomic E-state index is 6.38. The maximum Gasteiger partial charge on any atom is 0.528 e. The van der Waals surface area contributed by atoms with Crippen LogP contribution in [0.4, 0.5) is 0 Å².